The highest BCUT2D eigenvalue weighted by atomic mass is 19.1. The summed E-state index contributed by atoms with van der Waals surface area (Å²) >= 11 is 0. The van der Waals surface area contributed by atoms with Crippen molar-refractivity contribution in [1.82, 2.24) is 0 Å². The topological polar surface area (TPSA) is 20.3 Å². The lowest BCUT2D eigenvalue weighted by Crippen LogP contribution is -2.31. The van der Waals surface area contributed by atoms with E-state index in [4.69, 9.17) is 0 Å². The van der Waals surface area contributed by atoms with Gasteiger partial charge in [-0.3, -0.25) is 4.79 Å². The maximum Gasteiger partial charge on any atom is 0.258 e. The van der Waals surface area contributed by atoms with Gasteiger partial charge in [-0.2, -0.15) is 0 Å². The number of anilines is 1. The zero-order valence-electron chi connectivity index (χ0n) is 12.0. The minimum atomic E-state index is -0.302. The van der Waals surface area contributed by atoms with E-state index in [2.05, 4.69) is 0 Å². The molecule has 0 spiro atoms. The van der Waals surface area contributed by atoms with Crippen molar-refractivity contribution in [1.29, 1.82) is 0 Å². The van der Waals surface area contributed by atoms with Crippen LogP contribution in [-0.2, 0) is 0 Å². The number of benzene rings is 2. The molecule has 0 saturated carbocycles. The molecule has 0 radical (unpaired) electrons. The van der Waals surface area contributed by atoms with E-state index in [1.54, 1.807) is 17.0 Å². The standard InChI is InChI=1S/C17H18FNO/c1-4-19(15-8-6-14(18)7-9-15)17(20)16-10-5-12(2)11-13(16)3/h5-11H,4H2,1-3H3. The predicted octanol–water partition coefficient (Wildman–Crippen LogP) is 4.11. The Labute approximate surface area is 118 Å². The van der Waals surface area contributed by atoms with Gasteiger partial charge in [-0.25, -0.2) is 4.39 Å². The molecule has 2 rings (SSSR count). The highest BCUT2D eigenvalue weighted by Gasteiger charge is 2.17. The molecule has 0 fully saturated rings. The molecule has 2 aromatic rings. The van der Waals surface area contributed by atoms with Crippen LogP contribution in [0.1, 0.15) is 28.4 Å². The Kier molecular flexibility index (Phi) is 4.18. The van der Waals surface area contributed by atoms with Crippen molar-refractivity contribution in [3.05, 3.63) is 65.0 Å². The first-order chi connectivity index (χ1) is 9.52. The number of rotatable bonds is 3. The number of carbonyl (C=O) groups is 1. The molecule has 104 valence electrons. The average Bonchev–Trinajstić information content (AvgIpc) is 2.41. The lowest BCUT2D eigenvalue weighted by Gasteiger charge is -2.22. The number of amides is 1. The van der Waals surface area contributed by atoms with Crippen molar-refractivity contribution in [3.8, 4) is 0 Å². The molecular weight excluding hydrogens is 253 g/mol. The van der Waals surface area contributed by atoms with Gasteiger partial charge >= 0.3 is 0 Å². The maximum absolute atomic E-state index is 13.0. The van der Waals surface area contributed by atoms with Gasteiger partial charge in [0.1, 0.15) is 5.82 Å². The minimum absolute atomic E-state index is 0.0587. The quantitative estimate of drug-likeness (QED) is 0.822. The lowest BCUT2D eigenvalue weighted by molar-refractivity contribution is 0.0987. The summed E-state index contributed by atoms with van der Waals surface area (Å²) in [6.07, 6.45) is 0. The molecule has 1 amide bonds. The summed E-state index contributed by atoms with van der Waals surface area (Å²) in [6.45, 7) is 6.38. The van der Waals surface area contributed by atoms with Gasteiger partial charge in [0.25, 0.3) is 5.91 Å². The zero-order valence-corrected chi connectivity index (χ0v) is 12.0. The fourth-order valence-corrected chi connectivity index (χ4v) is 2.26. The molecule has 2 nitrogen and oxygen atoms in total. The van der Waals surface area contributed by atoms with E-state index in [1.165, 1.54) is 12.1 Å². The van der Waals surface area contributed by atoms with Crippen LogP contribution < -0.4 is 4.90 Å². The van der Waals surface area contributed by atoms with Gasteiger partial charge in [-0.05, 0) is 56.7 Å². The Morgan fingerprint density at radius 3 is 2.30 bits per heavy atom. The van der Waals surface area contributed by atoms with E-state index in [-0.39, 0.29) is 11.7 Å². The first kappa shape index (κ1) is 14.3. The van der Waals surface area contributed by atoms with Crippen LogP contribution in [0.4, 0.5) is 10.1 Å². The van der Waals surface area contributed by atoms with Crippen LogP contribution >= 0.6 is 0 Å². The van der Waals surface area contributed by atoms with Crippen LogP contribution in [-0.4, -0.2) is 12.5 Å². The normalized spacial score (nSPS) is 10.4. The molecule has 0 saturated heterocycles. The highest BCUT2D eigenvalue weighted by molar-refractivity contribution is 6.07. The SMILES string of the molecule is CCN(C(=O)c1ccc(C)cc1C)c1ccc(F)cc1. The van der Waals surface area contributed by atoms with E-state index in [1.807, 2.05) is 39.0 Å². The van der Waals surface area contributed by atoms with Crippen LogP contribution in [0, 0.1) is 19.7 Å². The number of nitrogens with zero attached hydrogens (tertiary/aromatic N) is 1. The van der Waals surface area contributed by atoms with Crippen molar-refractivity contribution in [2.75, 3.05) is 11.4 Å². The van der Waals surface area contributed by atoms with Crippen LogP contribution in [0.15, 0.2) is 42.5 Å². The number of carbonyl (C=O) groups excluding carboxylic acids is 1. The van der Waals surface area contributed by atoms with Gasteiger partial charge < -0.3 is 4.90 Å². The second-order valence-electron chi connectivity index (χ2n) is 4.84. The zero-order chi connectivity index (χ0) is 14.7. The van der Waals surface area contributed by atoms with Gasteiger partial charge in [0.2, 0.25) is 0 Å². The fraction of sp³-hybridized carbons (Fsp3) is 0.235. The molecule has 0 aliphatic carbocycles. The van der Waals surface area contributed by atoms with Gasteiger partial charge in [0.05, 0.1) is 0 Å². The Balaban J connectivity index is 2.36. The van der Waals surface area contributed by atoms with Crippen LogP contribution in [0.3, 0.4) is 0 Å². The lowest BCUT2D eigenvalue weighted by atomic mass is 10.0. The van der Waals surface area contributed by atoms with Crippen molar-refractivity contribution < 1.29 is 9.18 Å². The first-order valence-electron chi connectivity index (χ1n) is 6.67. The molecule has 0 aliphatic rings. The van der Waals surface area contributed by atoms with E-state index in [0.29, 0.717) is 17.8 Å². The highest BCUT2D eigenvalue weighted by Crippen LogP contribution is 2.20. The summed E-state index contributed by atoms with van der Waals surface area (Å²) in [4.78, 5) is 14.3. The van der Waals surface area contributed by atoms with Gasteiger partial charge in [-0.15, -0.1) is 0 Å². The van der Waals surface area contributed by atoms with E-state index < -0.39 is 0 Å². The Morgan fingerprint density at radius 2 is 1.75 bits per heavy atom. The Hall–Kier alpha value is -2.16. The summed E-state index contributed by atoms with van der Waals surface area (Å²) < 4.78 is 13.0. The summed E-state index contributed by atoms with van der Waals surface area (Å²) in [5, 5.41) is 0. The number of hydrogen-bond donors (Lipinski definition) is 0. The monoisotopic (exact) mass is 271 g/mol. The minimum Gasteiger partial charge on any atom is -0.309 e. The summed E-state index contributed by atoms with van der Waals surface area (Å²) in [7, 11) is 0. The molecule has 20 heavy (non-hydrogen) atoms. The molecule has 0 aliphatic heterocycles. The fourth-order valence-electron chi connectivity index (χ4n) is 2.26. The van der Waals surface area contributed by atoms with E-state index >= 15 is 0 Å². The summed E-state index contributed by atoms with van der Waals surface area (Å²) in [6, 6.07) is 11.8. The number of aryl methyl sites for hydroxylation is 2. The maximum atomic E-state index is 13.0. The third-order valence-corrected chi connectivity index (χ3v) is 3.31. The Bertz CT molecular complexity index is 619. The van der Waals surface area contributed by atoms with E-state index in [9.17, 15) is 9.18 Å². The molecule has 2 aromatic carbocycles. The van der Waals surface area contributed by atoms with Gasteiger partial charge in [0, 0.05) is 17.8 Å². The predicted molar refractivity (Wildman–Crippen MR) is 79.7 cm³/mol. The largest absolute Gasteiger partial charge is 0.309 e. The molecule has 0 aromatic heterocycles. The van der Waals surface area contributed by atoms with Crippen LogP contribution in [0.5, 0.6) is 0 Å². The second kappa shape index (κ2) is 5.87. The second-order valence-corrected chi connectivity index (χ2v) is 4.84. The first-order valence-corrected chi connectivity index (χ1v) is 6.67. The number of hydrogen-bond acceptors (Lipinski definition) is 1. The molecular formula is C17H18FNO. The molecule has 0 atom stereocenters. The van der Waals surface area contributed by atoms with Crippen molar-refractivity contribution >= 4 is 11.6 Å². The average molecular weight is 271 g/mol. The third-order valence-electron chi connectivity index (χ3n) is 3.31. The summed E-state index contributed by atoms with van der Waals surface area (Å²) in [5.41, 5.74) is 3.47. The van der Waals surface area contributed by atoms with Crippen molar-refractivity contribution in [3.63, 3.8) is 0 Å². The summed E-state index contributed by atoms with van der Waals surface area (Å²) in [5.74, 6) is -0.361. The van der Waals surface area contributed by atoms with Crippen LogP contribution in [0.2, 0.25) is 0 Å². The molecule has 0 unspecified atom stereocenters. The molecule has 0 N–H and O–H groups in total. The molecule has 0 heterocycles. The molecule has 3 heteroatoms. The van der Waals surface area contributed by atoms with Crippen molar-refractivity contribution in [2.24, 2.45) is 0 Å². The smallest absolute Gasteiger partial charge is 0.258 e. The molecule has 0 bridgehead atoms. The third kappa shape index (κ3) is 2.87. The number of halogens is 1. The van der Waals surface area contributed by atoms with Gasteiger partial charge in [0.15, 0.2) is 0 Å². The van der Waals surface area contributed by atoms with E-state index in [0.717, 1.165) is 11.1 Å². The Morgan fingerprint density at radius 1 is 1.10 bits per heavy atom. The van der Waals surface area contributed by atoms with Gasteiger partial charge in [-0.1, -0.05) is 17.7 Å². The van der Waals surface area contributed by atoms with Crippen LogP contribution in [0.25, 0.3) is 0 Å². The van der Waals surface area contributed by atoms with Crippen molar-refractivity contribution in [2.45, 2.75) is 20.8 Å².